The Balaban J connectivity index is 2.11. The second kappa shape index (κ2) is 4.82. The van der Waals surface area contributed by atoms with Crippen molar-refractivity contribution in [2.45, 2.75) is 23.9 Å². The average molecular weight is 305 g/mol. The number of fused-ring (bicyclic) bond motifs is 1. The molecule has 2 unspecified atom stereocenters. The van der Waals surface area contributed by atoms with Crippen molar-refractivity contribution in [3.8, 4) is 12.3 Å². The molecule has 0 aromatic carbocycles. The Morgan fingerprint density at radius 2 is 2.14 bits per heavy atom. The molecule has 3 heterocycles. The molecule has 1 fully saturated rings. The van der Waals surface area contributed by atoms with Crippen molar-refractivity contribution in [1.29, 1.82) is 0 Å². The largest absolute Gasteiger partial charge is 0.392 e. The number of aromatic nitrogens is 3. The zero-order chi connectivity index (χ0) is 16.1. The molecule has 1 aliphatic heterocycles. The van der Waals surface area contributed by atoms with Crippen LogP contribution in [-0.2, 0) is 4.74 Å². The zero-order valence-corrected chi connectivity index (χ0v) is 11.4. The molecule has 9 nitrogen and oxygen atoms in total. The molecule has 0 amide bonds. The van der Waals surface area contributed by atoms with E-state index in [0.717, 1.165) is 0 Å². The SMILES string of the molecule is C#C[C@]1(CO)O[C@@H](c2ccc3c(N)nc(N)nn23)C(O)C1O. The van der Waals surface area contributed by atoms with Gasteiger partial charge < -0.3 is 31.5 Å². The minimum Gasteiger partial charge on any atom is -0.392 e. The third-order valence-corrected chi connectivity index (χ3v) is 3.80. The number of nitrogens with zero attached hydrogens (tertiary/aromatic N) is 3. The maximum absolute atomic E-state index is 10.2. The van der Waals surface area contributed by atoms with E-state index in [9.17, 15) is 15.3 Å². The lowest BCUT2D eigenvalue weighted by molar-refractivity contribution is -0.0732. The topological polar surface area (TPSA) is 152 Å². The fraction of sp³-hybridized carbons (Fsp3) is 0.385. The van der Waals surface area contributed by atoms with Crippen LogP contribution in [0.25, 0.3) is 5.52 Å². The van der Waals surface area contributed by atoms with Crippen LogP contribution in [0.15, 0.2) is 12.1 Å². The molecule has 22 heavy (non-hydrogen) atoms. The highest BCUT2D eigenvalue weighted by Crippen LogP contribution is 2.40. The van der Waals surface area contributed by atoms with Gasteiger partial charge in [-0.2, -0.15) is 4.98 Å². The summed E-state index contributed by atoms with van der Waals surface area (Å²) in [6.07, 6.45) is 1.53. The summed E-state index contributed by atoms with van der Waals surface area (Å²) in [6.45, 7) is -0.638. The van der Waals surface area contributed by atoms with Crippen LogP contribution in [0.5, 0.6) is 0 Å². The maximum Gasteiger partial charge on any atom is 0.240 e. The second-order valence-corrected chi connectivity index (χ2v) is 5.08. The van der Waals surface area contributed by atoms with Crippen LogP contribution >= 0.6 is 0 Å². The molecule has 116 valence electrons. The molecule has 1 saturated heterocycles. The van der Waals surface area contributed by atoms with E-state index in [0.29, 0.717) is 11.2 Å². The lowest BCUT2D eigenvalue weighted by Gasteiger charge is -2.23. The number of hydrogen-bond donors (Lipinski definition) is 5. The van der Waals surface area contributed by atoms with Gasteiger partial charge in [-0.3, -0.25) is 0 Å². The Bertz CT molecular complexity index is 770. The van der Waals surface area contributed by atoms with Gasteiger partial charge in [-0.25, -0.2) is 4.52 Å². The van der Waals surface area contributed by atoms with Gasteiger partial charge in [-0.1, -0.05) is 5.92 Å². The molecule has 3 rings (SSSR count). The summed E-state index contributed by atoms with van der Waals surface area (Å²) in [7, 11) is 0. The molecule has 0 radical (unpaired) electrons. The van der Waals surface area contributed by atoms with E-state index in [1.54, 1.807) is 12.1 Å². The lowest BCUT2D eigenvalue weighted by atomic mass is 9.96. The first kappa shape index (κ1) is 14.6. The van der Waals surface area contributed by atoms with Gasteiger partial charge in [0.05, 0.1) is 12.3 Å². The minimum absolute atomic E-state index is 0.0548. The summed E-state index contributed by atoms with van der Waals surface area (Å²) in [5.74, 6) is 2.31. The number of aliphatic hydroxyl groups excluding tert-OH is 3. The third-order valence-electron chi connectivity index (χ3n) is 3.80. The smallest absolute Gasteiger partial charge is 0.240 e. The number of hydrogen-bond acceptors (Lipinski definition) is 8. The zero-order valence-electron chi connectivity index (χ0n) is 11.4. The fourth-order valence-electron chi connectivity index (χ4n) is 2.61. The van der Waals surface area contributed by atoms with Gasteiger partial charge in [0, 0.05) is 0 Å². The Morgan fingerprint density at radius 1 is 1.41 bits per heavy atom. The molecular weight excluding hydrogens is 290 g/mol. The summed E-state index contributed by atoms with van der Waals surface area (Å²) >= 11 is 0. The van der Waals surface area contributed by atoms with Gasteiger partial charge in [0.2, 0.25) is 5.95 Å². The molecule has 9 heteroatoms. The number of rotatable bonds is 2. The number of terminal acetylenes is 1. The molecule has 1 aliphatic rings. The molecule has 0 aliphatic carbocycles. The summed E-state index contributed by atoms with van der Waals surface area (Å²) in [5.41, 5.74) is 10.5. The maximum atomic E-state index is 10.2. The lowest BCUT2D eigenvalue weighted by Crippen LogP contribution is -2.44. The van der Waals surface area contributed by atoms with Crippen LogP contribution in [0.3, 0.4) is 0 Å². The van der Waals surface area contributed by atoms with Gasteiger partial charge in [0.1, 0.15) is 23.8 Å². The van der Waals surface area contributed by atoms with E-state index in [2.05, 4.69) is 16.0 Å². The van der Waals surface area contributed by atoms with Crippen molar-refractivity contribution in [2.24, 2.45) is 0 Å². The number of aliphatic hydroxyl groups is 3. The first-order valence-corrected chi connectivity index (χ1v) is 6.46. The molecule has 2 aromatic heterocycles. The van der Waals surface area contributed by atoms with E-state index in [1.165, 1.54) is 4.52 Å². The first-order valence-electron chi connectivity index (χ1n) is 6.46. The Hall–Kier alpha value is -2.38. The number of nitrogens with two attached hydrogens (primary N) is 2. The van der Waals surface area contributed by atoms with Gasteiger partial charge in [-0.05, 0) is 12.1 Å². The predicted octanol–water partition coefficient (Wildman–Crippen LogP) is -1.95. The molecule has 0 saturated carbocycles. The van der Waals surface area contributed by atoms with Crippen molar-refractivity contribution in [2.75, 3.05) is 18.1 Å². The fourth-order valence-corrected chi connectivity index (χ4v) is 2.61. The Morgan fingerprint density at radius 3 is 2.73 bits per heavy atom. The van der Waals surface area contributed by atoms with Crippen molar-refractivity contribution in [3.63, 3.8) is 0 Å². The minimum atomic E-state index is -1.68. The van der Waals surface area contributed by atoms with Crippen LogP contribution in [0.2, 0.25) is 0 Å². The summed E-state index contributed by atoms with van der Waals surface area (Å²) in [4.78, 5) is 3.84. The van der Waals surface area contributed by atoms with Crippen LogP contribution in [-0.4, -0.2) is 54.3 Å². The molecular formula is C13H15N5O4. The van der Waals surface area contributed by atoms with E-state index in [1.807, 2.05) is 0 Å². The van der Waals surface area contributed by atoms with Crippen LogP contribution < -0.4 is 11.5 Å². The monoisotopic (exact) mass is 305 g/mol. The summed E-state index contributed by atoms with van der Waals surface area (Å²) in [5, 5.41) is 33.7. The second-order valence-electron chi connectivity index (χ2n) is 5.08. The quantitative estimate of drug-likeness (QED) is 0.401. The predicted molar refractivity (Wildman–Crippen MR) is 76.3 cm³/mol. The van der Waals surface area contributed by atoms with Gasteiger partial charge in [-0.15, -0.1) is 11.5 Å². The van der Waals surface area contributed by atoms with E-state index in [4.69, 9.17) is 22.6 Å². The van der Waals surface area contributed by atoms with Gasteiger partial charge in [0.25, 0.3) is 0 Å². The third kappa shape index (κ3) is 1.83. The molecule has 0 bridgehead atoms. The van der Waals surface area contributed by atoms with E-state index < -0.39 is 30.5 Å². The van der Waals surface area contributed by atoms with Crippen molar-refractivity contribution < 1.29 is 20.1 Å². The van der Waals surface area contributed by atoms with Crippen LogP contribution in [0.4, 0.5) is 11.8 Å². The van der Waals surface area contributed by atoms with E-state index in [-0.39, 0.29) is 11.8 Å². The van der Waals surface area contributed by atoms with Crippen LogP contribution in [0, 0.1) is 12.3 Å². The molecule has 4 atom stereocenters. The van der Waals surface area contributed by atoms with Crippen LogP contribution in [0.1, 0.15) is 11.8 Å². The number of anilines is 2. The normalized spacial score (nSPS) is 31.5. The Kier molecular flexibility index (Phi) is 3.19. The summed E-state index contributed by atoms with van der Waals surface area (Å²) in [6, 6.07) is 3.23. The van der Waals surface area contributed by atoms with Gasteiger partial charge in [0.15, 0.2) is 11.4 Å². The highest BCUT2D eigenvalue weighted by atomic mass is 16.6. The number of ether oxygens (including phenoxy) is 1. The number of nitrogen functional groups attached to an aromatic ring is 2. The molecule has 2 aromatic rings. The first-order chi connectivity index (χ1) is 10.4. The van der Waals surface area contributed by atoms with E-state index >= 15 is 0 Å². The Labute approximate surface area is 125 Å². The molecule has 7 N–H and O–H groups in total. The molecule has 0 spiro atoms. The average Bonchev–Trinajstić information content (AvgIpc) is 3.01. The highest BCUT2D eigenvalue weighted by Gasteiger charge is 2.54. The standard InChI is InChI=1S/C13H15N5O4/c1-2-13(5-19)10(21)8(20)9(22-13)6-3-4-7-11(14)16-12(15)17-18(6)7/h1,3-4,8-10,19-21H,5H2,(H4,14,15,16,17)/t8?,9-,10?,13+/m0/s1. The van der Waals surface area contributed by atoms with Gasteiger partial charge >= 0.3 is 0 Å². The van der Waals surface area contributed by atoms with Crippen molar-refractivity contribution in [3.05, 3.63) is 17.8 Å². The highest BCUT2D eigenvalue weighted by molar-refractivity contribution is 5.67. The van der Waals surface area contributed by atoms with Crippen molar-refractivity contribution in [1.82, 2.24) is 14.6 Å². The summed E-state index contributed by atoms with van der Waals surface area (Å²) < 4.78 is 6.92. The van der Waals surface area contributed by atoms with Crippen molar-refractivity contribution >= 4 is 17.3 Å².